The Balaban J connectivity index is 1.63. The normalized spacial score (nSPS) is 42.5. The molecule has 0 bridgehead atoms. The molecule has 6 nitrogen and oxygen atoms in total. The van der Waals surface area contributed by atoms with Gasteiger partial charge in [0.25, 0.3) is 0 Å². The van der Waals surface area contributed by atoms with Gasteiger partial charge in [-0.1, -0.05) is 19.4 Å². The lowest BCUT2D eigenvalue weighted by Crippen LogP contribution is -2.60. The van der Waals surface area contributed by atoms with Crippen molar-refractivity contribution in [2.45, 2.75) is 90.8 Å². The highest BCUT2D eigenvalue weighted by Gasteiger charge is 2.66. The number of hydrogen-bond donors (Lipinski definition) is 1. The molecule has 4 rings (SSSR count). The first kappa shape index (κ1) is 22.5. The van der Waals surface area contributed by atoms with Gasteiger partial charge in [-0.2, -0.15) is 0 Å². The zero-order valence-corrected chi connectivity index (χ0v) is 19.2. The lowest BCUT2D eigenvalue weighted by atomic mass is 9.46. The summed E-state index contributed by atoms with van der Waals surface area (Å²) in [5, 5.41) is 12.0. The number of carbonyl (C=O) groups is 3. The molecule has 0 aliphatic heterocycles. The summed E-state index contributed by atoms with van der Waals surface area (Å²) in [7, 11) is 0. The molecule has 0 saturated heterocycles. The Kier molecular flexibility index (Phi) is 5.60. The van der Waals surface area contributed by atoms with E-state index in [1.54, 1.807) is 0 Å². The van der Waals surface area contributed by atoms with Crippen LogP contribution in [0.3, 0.4) is 0 Å². The van der Waals surface area contributed by atoms with Gasteiger partial charge >= 0.3 is 11.9 Å². The van der Waals surface area contributed by atoms with E-state index in [0.717, 1.165) is 38.5 Å². The van der Waals surface area contributed by atoms with Gasteiger partial charge in [0, 0.05) is 25.7 Å². The van der Waals surface area contributed by atoms with E-state index >= 15 is 0 Å². The second-order valence-corrected chi connectivity index (χ2v) is 10.8. The van der Waals surface area contributed by atoms with Gasteiger partial charge in [-0.25, -0.2) is 0 Å². The highest BCUT2D eigenvalue weighted by Crippen LogP contribution is 2.68. The predicted octanol–water partition coefficient (Wildman–Crippen LogP) is 3.74. The van der Waals surface area contributed by atoms with Crippen molar-refractivity contribution in [2.75, 3.05) is 6.61 Å². The minimum Gasteiger partial charge on any atom is -0.462 e. The van der Waals surface area contributed by atoms with Gasteiger partial charge in [0.15, 0.2) is 11.9 Å². The summed E-state index contributed by atoms with van der Waals surface area (Å²) in [5.74, 6) is 0.657. The molecule has 1 unspecified atom stereocenters. The van der Waals surface area contributed by atoms with E-state index in [4.69, 9.17) is 9.47 Å². The van der Waals surface area contributed by atoms with Crippen LogP contribution in [0.4, 0.5) is 0 Å². The number of fused-ring (bicyclic) bond motifs is 5. The molecule has 0 aromatic rings. The van der Waals surface area contributed by atoms with Crippen molar-refractivity contribution in [1.82, 2.24) is 0 Å². The number of allylic oxidation sites excluding steroid dienone is 1. The number of ether oxygens (including phenoxy) is 2. The molecule has 4 aliphatic rings. The van der Waals surface area contributed by atoms with E-state index in [2.05, 4.69) is 13.8 Å². The number of hydrogen-bond acceptors (Lipinski definition) is 6. The van der Waals surface area contributed by atoms with Crippen LogP contribution >= 0.6 is 0 Å². The summed E-state index contributed by atoms with van der Waals surface area (Å²) in [5.41, 5.74) is -0.222. The molecule has 6 heteroatoms. The molecule has 0 amide bonds. The second kappa shape index (κ2) is 7.72. The van der Waals surface area contributed by atoms with Crippen LogP contribution in [0.1, 0.15) is 79.1 Å². The number of aliphatic hydroxyl groups is 1. The van der Waals surface area contributed by atoms with E-state index in [-0.39, 0.29) is 17.8 Å². The Hall–Kier alpha value is -1.69. The maximum absolute atomic E-state index is 12.0. The second-order valence-electron chi connectivity index (χ2n) is 10.8. The SMILES string of the molecule is CC(=O)OCC(OC(C)=O)[C@]1(O)CC[C@H]2[C@@H]3CCC4=CC(=O)CC[C@]4(C)[C@H]3CC[C@@]21C. The maximum Gasteiger partial charge on any atom is 0.303 e. The number of ketones is 1. The molecule has 0 aromatic carbocycles. The molecule has 0 spiro atoms. The van der Waals surface area contributed by atoms with Crippen LogP contribution in [0, 0.1) is 28.6 Å². The standard InChI is InChI=1S/C25H36O6/c1-15(26)30-14-22(31-16(2)27)25(29)12-9-21-19-6-5-17-13-18(28)7-10-23(17,3)20(19)8-11-24(21,25)4/h13,19-22,29H,5-12,14H2,1-4H3/t19-,20+,21+,22?,23+,24+,25-/m1/s1. The zero-order chi connectivity index (χ0) is 22.6. The summed E-state index contributed by atoms with van der Waals surface area (Å²) in [6.07, 6.45) is 7.84. The molecule has 3 saturated carbocycles. The van der Waals surface area contributed by atoms with Gasteiger partial charge < -0.3 is 14.6 Å². The summed E-state index contributed by atoms with van der Waals surface area (Å²) in [6, 6.07) is 0. The Morgan fingerprint density at radius 3 is 2.45 bits per heavy atom. The van der Waals surface area contributed by atoms with E-state index in [0.29, 0.717) is 30.6 Å². The van der Waals surface area contributed by atoms with Crippen LogP contribution in [-0.4, -0.2) is 41.1 Å². The van der Waals surface area contributed by atoms with Gasteiger partial charge in [-0.15, -0.1) is 0 Å². The molecule has 7 atom stereocenters. The molecule has 0 radical (unpaired) electrons. The van der Waals surface area contributed by atoms with Crippen LogP contribution in [0.25, 0.3) is 0 Å². The first-order valence-corrected chi connectivity index (χ1v) is 11.8. The van der Waals surface area contributed by atoms with Crippen molar-refractivity contribution in [3.8, 4) is 0 Å². The smallest absolute Gasteiger partial charge is 0.303 e. The van der Waals surface area contributed by atoms with Crippen LogP contribution in [0.5, 0.6) is 0 Å². The van der Waals surface area contributed by atoms with Gasteiger partial charge in [0.05, 0.1) is 0 Å². The highest BCUT2D eigenvalue weighted by molar-refractivity contribution is 5.91. The number of rotatable bonds is 4. The maximum atomic E-state index is 12.0. The van der Waals surface area contributed by atoms with Crippen molar-refractivity contribution < 1.29 is 29.0 Å². The average molecular weight is 433 g/mol. The Morgan fingerprint density at radius 1 is 1.06 bits per heavy atom. The van der Waals surface area contributed by atoms with Crippen molar-refractivity contribution in [1.29, 1.82) is 0 Å². The lowest BCUT2D eigenvalue weighted by Gasteiger charge is -2.59. The van der Waals surface area contributed by atoms with Gasteiger partial charge in [0.2, 0.25) is 0 Å². The van der Waals surface area contributed by atoms with Crippen molar-refractivity contribution in [2.24, 2.45) is 28.6 Å². The minimum absolute atomic E-state index is 0.0753. The molecule has 1 N–H and O–H groups in total. The molecule has 0 aromatic heterocycles. The molecule has 4 aliphatic carbocycles. The number of esters is 2. The van der Waals surface area contributed by atoms with Crippen molar-refractivity contribution in [3.05, 3.63) is 11.6 Å². The molecular formula is C25H36O6. The lowest BCUT2D eigenvalue weighted by molar-refractivity contribution is -0.207. The highest BCUT2D eigenvalue weighted by atomic mass is 16.6. The van der Waals surface area contributed by atoms with E-state index in [1.165, 1.54) is 19.4 Å². The third kappa shape index (κ3) is 3.46. The van der Waals surface area contributed by atoms with E-state index in [9.17, 15) is 19.5 Å². The largest absolute Gasteiger partial charge is 0.462 e. The summed E-state index contributed by atoms with van der Waals surface area (Å²) >= 11 is 0. The molecule has 31 heavy (non-hydrogen) atoms. The minimum atomic E-state index is -1.22. The predicted molar refractivity (Wildman–Crippen MR) is 114 cm³/mol. The Labute approximate surface area is 184 Å². The van der Waals surface area contributed by atoms with Gasteiger partial charge in [0.1, 0.15) is 12.2 Å². The monoisotopic (exact) mass is 432 g/mol. The van der Waals surface area contributed by atoms with E-state index in [1.807, 2.05) is 6.08 Å². The average Bonchev–Trinajstić information content (AvgIpc) is 2.97. The van der Waals surface area contributed by atoms with E-state index < -0.39 is 29.1 Å². The quantitative estimate of drug-likeness (QED) is 0.681. The number of carbonyl (C=O) groups excluding carboxylic acids is 3. The molecular weight excluding hydrogens is 396 g/mol. The molecule has 0 heterocycles. The van der Waals surface area contributed by atoms with Gasteiger partial charge in [-0.3, -0.25) is 14.4 Å². The fraction of sp³-hybridized carbons (Fsp3) is 0.800. The van der Waals surface area contributed by atoms with Crippen LogP contribution in [0.15, 0.2) is 11.6 Å². The third-order valence-corrected chi connectivity index (χ3v) is 9.46. The summed E-state index contributed by atoms with van der Waals surface area (Å²) in [6.45, 7) is 7.02. The van der Waals surface area contributed by atoms with Crippen LogP contribution < -0.4 is 0 Å². The first-order chi connectivity index (χ1) is 14.5. The van der Waals surface area contributed by atoms with Crippen LogP contribution in [-0.2, 0) is 23.9 Å². The zero-order valence-electron chi connectivity index (χ0n) is 19.2. The third-order valence-electron chi connectivity index (χ3n) is 9.46. The van der Waals surface area contributed by atoms with Crippen molar-refractivity contribution in [3.63, 3.8) is 0 Å². The first-order valence-electron chi connectivity index (χ1n) is 11.8. The topological polar surface area (TPSA) is 89.9 Å². The fourth-order valence-corrected chi connectivity index (χ4v) is 7.80. The molecule has 3 fully saturated rings. The van der Waals surface area contributed by atoms with Gasteiger partial charge in [-0.05, 0) is 74.2 Å². The van der Waals surface area contributed by atoms with Crippen molar-refractivity contribution >= 4 is 17.7 Å². The summed E-state index contributed by atoms with van der Waals surface area (Å²) in [4.78, 5) is 35.3. The Bertz CT molecular complexity index is 817. The van der Waals surface area contributed by atoms with Crippen LogP contribution in [0.2, 0.25) is 0 Å². The summed E-state index contributed by atoms with van der Waals surface area (Å²) < 4.78 is 10.7. The fourth-order valence-electron chi connectivity index (χ4n) is 7.80. The Morgan fingerprint density at radius 2 is 1.77 bits per heavy atom. The molecule has 172 valence electrons.